The quantitative estimate of drug-likeness (QED) is 0.0384. The fourth-order valence-corrected chi connectivity index (χ4v) is 13.9. The number of nitrogens with zero attached hydrogens (tertiary/aromatic N) is 8. The standard InChI is InChI=1S/C74H136N12O12S/c1-29-32-35-50(14)41-55-64(89)77-53(30-2)67(92)83(26)59(43-99-37-34-33-36-86(31-3)44-73(17,18)19)70(95)82(25)58(42-74(20,21)98)65(90)78-60(48(10)11)71(96)80(23)54(38-45(4)5)63(88)75-51(15)62(87)76-52(16)66(91)85(28)69(94)57(40-47(8)9)79(22)56(39-46(6)7)68(93)84(27)61(49(12)13)72(97)81(55)24/h29,32,45-61,98H,30-31,33-44H2,1-28H3,(H,75,88)(H,76,87)(H,77,89)(H,78,90)/b32-29+/t50-,51-,52+,53+,54-,55+,56+,57-,58+,59-,60-,61+/m1/s1. The molecule has 0 aromatic carbocycles. The number of imide groups is 1. The molecular weight excluding hydrogens is 1280 g/mol. The van der Waals surface area contributed by atoms with Gasteiger partial charge in [-0.15, -0.1) is 0 Å². The molecule has 0 unspecified atom stereocenters. The minimum atomic E-state index is -1.57. The molecule has 1 saturated heterocycles. The predicted molar refractivity (Wildman–Crippen MR) is 396 cm³/mol. The fraction of sp³-hybridized carbons (Fsp3) is 0.824. The molecule has 0 bridgehead atoms. The van der Waals surface area contributed by atoms with Gasteiger partial charge in [-0.2, -0.15) is 11.8 Å². The minimum absolute atomic E-state index is 0.0657. The molecule has 0 saturated carbocycles. The molecule has 25 heteroatoms. The van der Waals surface area contributed by atoms with Gasteiger partial charge in [-0.05, 0) is 153 Å². The number of carbonyl (C=O) groups is 11. The van der Waals surface area contributed by atoms with E-state index < -0.39 is 149 Å². The van der Waals surface area contributed by atoms with Crippen molar-refractivity contribution in [1.29, 1.82) is 0 Å². The Morgan fingerprint density at radius 3 is 1.46 bits per heavy atom. The summed E-state index contributed by atoms with van der Waals surface area (Å²) >= 11 is 1.46. The van der Waals surface area contributed by atoms with E-state index in [0.29, 0.717) is 12.2 Å². The average Bonchev–Trinajstić information content (AvgIpc) is 0.816. The van der Waals surface area contributed by atoms with Crippen LogP contribution in [0, 0.1) is 40.9 Å². The van der Waals surface area contributed by atoms with Gasteiger partial charge < -0.3 is 55.8 Å². The van der Waals surface area contributed by atoms with Crippen LogP contribution in [0.3, 0.4) is 0 Å². The van der Waals surface area contributed by atoms with Gasteiger partial charge in [0.05, 0.1) is 17.7 Å². The number of allylic oxidation sites excluding steroid dienone is 2. The first-order valence-corrected chi connectivity index (χ1v) is 37.5. The third-order valence-electron chi connectivity index (χ3n) is 18.7. The van der Waals surface area contributed by atoms with Gasteiger partial charge in [0, 0.05) is 61.0 Å². The van der Waals surface area contributed by atoms with Gasteiger partial charge in [0.1, 0.15) is 54.4 Å². The molecule has 1 rings (SSSR count). The molecule has 1 aliphatic rings. The molecule has 24 nitrogen and oxygen atoms in total. The number of hydrogen-bond acceptors (Lipinski definition) is 15. The Morgan fingerprint density at radius 1 is 0.515 bits per heavy atom. The highest BCUT2D eigenvalue weighted by Crippen LogP contribution is 2.28. The van der Waals surface area contributed by atoms with Gasteiger partial charge in [0.15, 0.2) is 0 Å². The normalized spacial score (nSPS) is 25.8. The second-order valence-electron chi connectivity index (χ2n) is 31.9. The van der Waals surface area contributed by atoms with E-state index in [0.717, 1.165) is 37.4 Å². The molecular formula is C74H136N12O12S. The molecule has 0 radical (unpaired) electrons. The Morgan fingerprint density at radius 2 is 0.980 bits per heavy atom. The zero-order chi connectivity index (χ0) is 76.6. The fourth-order valence-electron chi connectivity index (χ4n) is 12.7. The highest BCUT2D eigenvalue weighted by atomic mass is 32.2. The van der Waals surface area contributed by atoms with Crippen molar-refractivity contribution < 1.29 is 57.8 Å². The molecule has 1 heterocycles. The van der Waals surface area contributed by atoms with Crippen molar-refractivity contribution in [3.8, 4) is 0 Å². The molecule has 12 atom stereocenters. The lowest BCUT2D eigenvalue weighted by molar-refractivity contribution is -0.155. The maximum Gasteiger partial charge on any atom is 0.251 e. The Kier molecular flexibility index (Phi) is 38.8. The SMILES string of the molecule is C/C=C/C[C@@H](C)C[C@H]1C(=O)N[C@@H](CC)C(=O)N(C)[C@H](CSCCCCN(CC)CC(C)(C)C)C(=O)N(C)[C@@H](CC(C)(C)O)C(=O)N[C@H](C(C)C)C(=O)N(C)[C@H](CC(C)C)C(=O)N[C@H](C)C(=O)N[C@@H](C)C(=O)N(C)C(=O)[C@@H](CC(C)C)N(C)[C@@H](CC(C)C)C(=O)N(C)[C@@H](C(C)C)C(=O)N1C. The molecule has 0 aromatic heterocycles. The van der Waals surface area contributed by atoms with Crippen LogP contribution in [-0.4, -0.2) is 262 Å². The molecule has 5 N–H and O–H groups in total. The third-order valence-corrected chi connectivity index (χ3v) is 19.8. The maximum absolute atomic E-state index is 15.5. The molecule has 11 amide bonds. The van der Waals surface area contributed by atoms with Crippen LogP contribution in [0.25, 0.3) is 0 Å². The first-order chi connectivity index (χ1) is 45.6. The molecule has 1 aliphatic heterocycles. The number of likely N-dealkylation sites (N-methyl/N-ethyl adjacent to an activating group) is 7. The average molecular weight is 1420 g/mol. The van der Waals surface area contributed by atoms with E-state index in [2.05, 4.69) is 53.9 Å². The number of carbonyl (C=O) groups excluding carboxylic acids is 11. The van der Waals surface area contributed by atoms with Crippen molar-refractivity contribution in [2.24, 2.45) is 40.9 Å². The summed E-state index contributed by atoms with van der Waals surface area (Å²) in [6, 6.07) is -13.3. The second-order valence-corrected chi connectivity index (χ2v) is 33.0. The minimum Gasteiger partial charge on any atom is -0.390 e. The zero-order valence-corrected chi connectivity index (χ0v) is 67.1. The van der Waals surface area contributed by atoms with E-state index in [4.69, 9.17) is 0 Å². The maximum atomic E-state index is 15.5. The topological polar surface area (TPSA) is 282 Å². The summed E-state index contributed by atoms with van der Waals surface area (Å²) < 4.78 is 0. The zero-order valence-electron chi connectivity index (χ0n) is 66.3. The van der Waals surface area contributed by atoms with Crippen LogP contribution < -0.4 is 21.3 Å². The van der Waals surface area contributed by atoms with Gasteiger partial charge >= 0.3 is 0 Å². The Bertz CT molecular complexity index is 2680. The third kappa shape index (κ3) is 29.0. The van der Waals surface area contributed by atoms with E-state index in [9.17, 15) is 29.1 Å². The van der Waals surface area contributed by atoms with E-state index >= 15 is 28.8 Å². The first kappa shape index (κ1) is 91.4. The van der Waals surface area contributed by atoms with Gasteiger partial charge in [0.25, 0.3) is 5.91 Å². The van der Waals surface area contributed by atoms with E-state index in [-0.39, 0.29) is 73.4 Å². The first-order valence-electron chi connectivity index (χ1n) is 36.3. The monoisotopic (exact) mass is 1420 g/mol. The van der Waals surface area contributed by atoms with Crippen LogP contribution in [0.1, 0.15) is 203 Å². The lowest BCUT2D eigenvalue weighted by Gasteiger charge is -2.41. The highest BCUT2D eigenvalue weighted by molar-refractivity contribution is 7.99. The van der Waals surface area contributed by atoms with Crippen LogP contribution in [0.4, 0.5) is 0 Å². The number of rotatable bonds is 24. The predicted octanol–water partition coefficient (Wildman–Crippen LogP) is 6.66. The molecule has 99 heavy (non-hydrogen) atoms. The van der Waals surface area contributed by atoms with Crippen molar-refractivity contribution in [3.63, 3.8) is 0 Å². The molecule has 570 valence electrons. The number of nitrogens with one attached hydrogen (secondary N) is 4. The van der Waals surface area contributed by atoms with Gasteiger partial charge in [-0.1, -0.05) is 123 Å². The number of hydrogen-bond donors (Lipinski definition) is 5. The Balaban J connectivity index is 4.53. The van der Waals surface area contributed by atoms with E-state index in [1.807, 2.05) is 67.5 Å². The molecule has 0 spiro atoms. The molecule has 0 aromatic rings. The number of unbranched alkanes of at least 4 members (excludes halogenated alkanes) is 1. The summed E-state index contributed by atoms with van der Waals surface area (Å²) in [4.78, 5) is 176. The van der Waals surface area contributed by atoms with E-state index in [1.54, 1.807) is 46.6 Å². The second kappa shape index (κ2) is 42.1. The lowest BCUT2D eigenvalue weighted by atomic mass is 9.93. The molecule has 0 aliphatic carbocycles. The molecule has 1 fully saturated rings. The van der Waals surface area contributed by atoms with Crippen LogP contribution in [-0.2, 0) is 52.7 Å². The van der Waals surface area contributed by atoms with Gasteiger partial charge in [0.2, 0.25) is 59.1 Å². The van der Waals surface area contributed by atoms with Crippen LogP contribution >= 0.6 is 11.8 Å². The van der Waals surface area contributed by atoms with Crippen molar-refractivity contribution in [1.82, 2.24) is 60.5 Å². The van der Waals surface area contributed by atoms with Crippen molar-refractivity contribution >= 4 is 76.7 Å². The summed E-state index contributed by atoms with van der Waals surface area (Å²) in [5.41, 5.74) is -1.46. The largest absolute Gasteiger partial charge is 0.390 e. The highest BCUT2D eigenvalue weighted by Gasteiger charge is 2.46. The van der Waals surface area contributed by atoms with Gasteiger partial charge in [-0.3, -0.25) is 62.5 Å². The summed E-state index contributed by atoms with van der Waals surface area (Å²) in [6.07, 6.45) is 6.57. The Labute approximate surface area is 601 Å². The summed E-state index contributed by atoms with van der Waals surface area (Å²) in [6.45, 7) is 41.2. The van der Waals surface area contributed by atoms with Crippen LogP contribution in [0.15, 0.2) is 12.2 Å². The lowest BCUT2D eigenvalue weighted by Crippen LogP contribution is -2.62. The smallest absolute Gasteiger partial charge is 0.251 e. The van der Waals surface area contributed by atoms with Gasteiger partial charge in [-0.25, -0.2) is 0 Å². The van der Waals surface area contributed by atoms with Crippen molar-refractivity contribution in [2.45, 2.75) is 275 Å². The van der Waals surface area contributed by atoms with Crippen LogP contribution in [0.2, 0.25) is 0 Å². The van der Waals surface area contributed by atoms with Crippen molar-refractivity contribution in [2.75, 3.05) is 80.5 Å². The summed E-state index contributed by atoms with van der Waals surface area (Å²) in [7, 11) is 10.3. The number of amides is 11. The number of aliphatic hydroxyl groups is 1. The van der Waals surface area contributed by atoms with Crippen molar-refractivity contribution in [3.05, 3.63) is 12.2 Å². The Hall–Kier alpha value is -5.66. The van der Waals surface area contributed by atoms with Crippen LogP contribution in [0.5, 0.6) is 0 Å². The summed E-state index contributed by atoms with van der Waals surface area (Å²) in [5.74, 6) is -8.25. The van der Waals surface area contributed by atoms with E-state index in [1.165, 1.54) is 106 Å². The summed E-state index contributed by atoms with van der Waals surface area (Å²) in [5, 5.41) is 22.7. The number of thioether (sulfide) groups is 1.